The van der Waals surface area contributed by atoms with Gasteiger partial charge < -0.3 is 35.2 Å². The summed E-state index contributed by atoms with van der Waals surface area (Å²) in [6.45, 7) is 8.33. The average molecular weight is 959 g/mol. The predicted octanol–water partition coefficient (Wildman–Crippen LogP) is 5.36. The number of hydrogen-bond acceptors (Lipinski definition) is 13. The molecule has 2 saturated carbocycles. The number of pyridine rings is 1. The van der Waals surface area contributed by atoms with Crippen LogP contribution >= 0.6 is 0 Å². The van der Waals surface area contributed by atoms with Gasteiger partial charge >= 0.3 is 6.01 Å². The highest BCUT2D eigenvalue weighted by atomic mass is 19.1. The molecule has 0 radical (unpaired) electrons. The van der Waals surface area contributed by atoms with Crippen molar-refractivity contribution in [2.45, 2.75) is 88.5 Å². The topological polar surface area (TPSA) is 168 Å². The smallest absolute Gasteiger partial charge is 0.319 e. The Balaban J connectivity index is 0.664. The van der Waals surface area contributed by atoms with Gasteiger partial charge in [-0.2, -0.15) is 9.97 Å². The van der Waals surface area contributed by atoms with E-state index < -0.39 is 11.9 Å². The first-order valence-electron chi connectivity index (χ1n) is 25.8. The highest BCUT2D eigenvalue weighted by Crippen LogP contribution is 2.54. The Morgan fingerprint density at radius 2 is 1.77 bits per heavy atom. The number of hydrogen-bond donors (Lipinski definition) is 4. The van der Waals surface area contributed by atoms with E-state index in [1.165, 1.54) is 18.9 Å². The van der Waals surface area contributed by atoms with Gasteiger partial charge in [-0.25, -0.2) is 4.39 Å². The van der Waals surface area contributed by atoms with Crippen LogP contribution < -0.4 is 30.5 Å². The van der Waals surface area contributed by atoms with E-state index in [0.29, 0.717) is 94.1 Å². The molecule has 3 aromatic carbocycles. The number of piperazine rings is 2. The third-order valence-electron chi connectivity index (χ3n) is 17.4. The molecule has 2 aromatic heterocycles. The molecule has 366 valence electrons. The van der Waals surface area contributed by atoms with Crippen molar-refractivity contribution in [3.05, 3.63) is 77.2 Å². The van der Waals surface area contributed by atoms with E-state index in [-0.39, 0.29) is 52.5 Å². The fourth-order valence-electron chi connectivity index (χ4n) is 13.6. The average Bonchev–Trinajstić information content (AvgIpc) is 3.55. The van der Waals surface area contributed by atoms with Crippen molar-refractivity contribution < 1.29 is 28.6 Å². The van der Waals surface area contributed by atoms with E-state index in [1.54, 1.807) is 17.2 Å². The van der Waals surface area contributed by atoms with Crippen molar-refractivity contribution >= 4 is 50.9 Å². The molecule has 13 rings (SSSR count). The lowest BCUT2D eigenvalue weighted by molar-refractivity contribution is -0.136. The first kappa shape index (κ1) is 44.5. The maximum atomic E-state index is 17.2. The zero-order valence-corrected chi connectivity index (χ0v) is 39.8. The van der Waals surface area contributed by atoms with Gasteiger partial charge in [0.25, 0.3) is 5.91 Å². The Bertz CT molecular complexity index is 3050. The molecule has 5 saturated heterocycles. The molecule has 71 heavy (non-hydrogen) atoms. The second-order valence-electron chi connectivity index (χ2n) is 21.9. The van der Waals surface area contributed by atoms with Gasteiger partial charge in [-0.3, -0.25) is 29.6 Å². The third kappa shape index (κ3) is 8.10. The molecule has 2 aliphatic carbocycles. The molecule has 8 aliphatic rings. The highest BCUT2D eigenvalue weighted by molar-refractivity contribution is 6.06. The number of anilines is 2. The molecule has 15 nitrogen and oxygen atoms in total. The van der Waals surface area contributed by atoms with E-state index in [1.807, 2.05) is 30.3 Å². The van der Waals surface area contributed by atoms with Gasteiger partial charge in [-0.05, 0) is 123 Å². The number of carbonyl (C=O) groups is 3. The molecule has 0 unspecified atom stereocenters. The summed E-state index contributed by atoms with van der Waals surface area (Å²) in [5.74, 6) is 3.90. The van der Waals surface area contributed by atoms with Crippen LogP contribution in [-0.4, -0.2) is 131 Å². The molecular formula is C55H59FN10O5. The molecule has 5 aromatic rings. The summed E-state index contributed by atoms with van der Waals surface area (Å²) in [7, 11) is 0. The molecule has 6 aliphatic heterocycles. The zero-order valence-electron chi connectivity index (χ0n) is 39.8. The van der Waals surface area contributed by atoms with Crippen LogP contribution in [-0.2, 0) is 16.1 Å². The van der Waals surface area contributed by atoms with E-state index in [4.69, 9.17) is 21.1 Å². The van der Waals surface area contributed by atoms with Crippen LogP contribution in [0.25, 0.3) is 32.9 Å². The van der Waals surface area contributed by atoms with Crippen molar-refractivity contribution in [2.75, 3.05) is 68.8 Å². The molecule has 7 fully saturated rings. The molecular weight excluding hydrogens is 900 g/mol. The van der Waals surface area contributed by atoms with Gasteiger partial charge in [0.1, 0.15) is 28.8 Å². The summed E-state index contributed by atoms with van der Waals surface area (Å²) in [5, 5.41) is 22.6. The fraction of sp³-hybridized carbons (Fsp3) is 0.491. The number of amides is 3. The number of rotatable bonds is 11. The SMILES string of the molecule is C#Cc1cccc2cc(O)cc(-c3ncc4c(N5C[C@H]6CC[C@H](C5)N6)nc(OCC5(C[C@H]6NC[C@@H]7C[C@@H](CN8CCN(c9ccc%10c(c9)CN([C@H]9CCC(=O)NC9=O)C%10=O)CC8)C[C@H]76)CC5)nc4c3F)c12. The zero-order chi connectivity index (χ0) is 48.1. The maximum absolute atomic E-state index is 17.2. The van der Waals surface area contributed by atoms with Crippen LogP contribution in [0.3, 0.4) is 0 Å². The maximum Gasteiger partial charge on any atom is 0.319 e. The second kappa shape index (κ2) is 17.4. The summed E-state index contributed by atoms with van der Waals surface area (Å²) in [6, 6.07) is 15.3. The standard InChI is InChI=1S/C55H59FN10O5/c1-2-32-4-3-5-33-21-39(67)22-42(47(32)33)49-48(56)50-43(25-58-49)51(65-28-36-6-7-37(29-65)59-36)62-54(61-50)71-30-55(12-13-55)23-44-41-19-31(18-34(41)24-57-44)26-63-14-16-64(17-15-63)38-8-9-40-35(20-38)27-66(53(40)70)45-10-11-46(68)60-52(45)69/h1,3-5,8-9,20-22,25,31,34,36-37,41,44-45,57,59,67H,6-7,10-19,23-24,26-30H2,(H,60,68,69)/t31-,34+,36-,37-,41-,44-,45+/m1/s1. The lowest BCUT2D eigenvalue weighted by atomic mass is 9.86. The van der Waals surface area contributed by atoms with Crippen LogP contribution in [0.4, 0.5) is 15.9 Å². The van der Waals surface area contributed by atoms with Crippen molar-refractivity contribution in [2.24, 2.45) is 23.2 Å². The Kier molecular flexibility index (Phi) is 10.9. The van der Waals surface area contributed by atoms with Crippen LogP contribution in [0.5, 0.6) is 11.8 Å². The minimum Gasteiger partial charge on any atom is -0.508 e. The van der Waals surface area contributed by atoms with Crippen molar-refractivity contribution in [3.63, 3.8) is 0 Å². The largest absolute Gasteiger partial charge is 0.508 e. The number of phenolic OH excluding ortho intramolecular Hbond substituents is 1. The number of carbonyl (C=O) groups excluding carboxylic acids is 3. The number of piperidine rings is 1. The number of imide groups is 1. The number of halogens is 1. The number of nitrogens with zero attached hydrogens (tertiary/aromatic N) is 7. The number of terminal acetylenes is 1. The molecule has 16 heteroatoms. The van der Waals surface area contributed by atoms with Gasteiger partial charge in [0.05, 0.1) is 12.0 Å². The van der Waals surface area contributed by atoms with E-state index >= 15 is 4.39 Å². The number of aromatic hydroxyl groups is 1. The fourth-order valence-corrected chi connectivity index (χ4v) is 13.6. The second-order valence-corrected chi connectivity index (χ2v) is 21.9. The molecule has 2 bridgehead atoms. The highest BCUT2D eigenvalue weighted by Gasteiger charge is 2.51. The van der Waals surface area contributed by atoms with Crippen LogP contribution in [0, 0.1) is 41.3 Å². The molecule has 4 N–H and O–H groups in total. The monoisotopic (exact) mass is 958 g/mol. The number of ether oxygens (including phenoxy) is 1. The third-order valence-corrected chi connectivity index (χ3v) is 17.4. The summed E-state index contributed by atoms with van der Waals surface area (Å²) in [4.78, 5) is 61.0. The first-order valence-corrected chi connectivity index (χ1v) is 25.8. The number of phenols is 1. The van der Waals surface area contributed by atoms with Crippen molar-refractivity contribution in [1.29, 1.82) is 0 Å². The lowest BCUT2D eigenvalue weighted by Crippen LogP contribution is -2.52. The van der Waals surface area contributed by atoms with Gasteiger partial charge in [-0.15, -0.1) is 6.42 Å². The molecule has 8 heterocycles. The number of aromatic nitrogens is 3. The van der Waals surface area contributed by atoms with E-state index in [0.717, 1.165) is 95.7 Å². The van der Waals surface area contributed by atoms with Crippen LogP contribution in [0.1, 0.15) is 79.3 Å². The summed E-state index contributed by atoms with van der Waals surface area (Å²) in [5.41, 5.74) is 3.90. The minimum absolute atomic E-state index is 0.00902. The Morgan fingerprint density at radius 1 is 0.944 bits per heavy atom. The number of fused-ring (bicyclic) bond motifs is 6. The Labute approximate surface area is 411 Å². The number of nitrogens with one attached hydrogen (secondary N) is 3. The predicted molar refractivity (Wildman–Crippen MR) is 266 cm³/mol. The minimum atomic E-state index is -0.611. The first-order chi connectivity index (χ1) is 34.5. The normalized spacial score (nSPS) is 27.9. The summed E-state index contributed by atoms with van der Waals surface area (Å²) in [6.07, 6.45) is 16.0. The van der Waals surface area contributed by atoms with Gasteiger partial charge in [0.15, 0.2) is 5.82 Å². The molecule has 0 spiro atoms. The van der Waals surface area contributed by atoms with Gasteiger partial charge in [0.2, 0.25) is 11.8 Å². The lowest BCUT2D eigenvalue weighted by Gasteiger charge is -2.37. The van der Waals surface area contributed by atoms with E-state index in [9.17, 15) is 19.5 Å². The van der Waals surface area contributed by atoms with Gasteiger partial charge in [-0.1, -0.05) is 18.1 Å². The molecule has 7 atom stereocenters. The van der Waals surface area contributed by atoms with Crippen molar-refractivity contribution in [1.82, 2.24) is 40.7 Å². The summed E-state index contributed by atoms with van der Waals surface area (Å²) >= 11 is 0. The summed E-state index contributed by atoms with van der Waals surface area (Å²) < 4.78 is 23.8. The Morgan fingerprint density at radius 3 is 2.56 bits per heavy atom. The molecule has 3 amide bonds. The van der Waals surface area contributed by atoms with Crippen LogP contribution in [0.2, 0.25) is 0 Å². The van der Waals surface area contributed by atoms with Gasteiger partial charge in [0, 0.05) is 116 Å². The Hall–Kier alpha value is -6.41. The van der Waals surface area contributed by atoms with E-state index in [2.05, 4.69) is 47.6 Å². The number of benzene rings is 3. The quantitative estimate of drug-likeness (QED) is 0.0989. The van der Waals surface area contributed by atoms with Crippen molar-refractivity contribution in [3.8, 4) is 35.4 Å². The van der Waals surface area contributed by atoms with Crippen LogP contribution in [0.15, 0.2) is 54.7 Å².